The van der Waals surface area contributed by atoms with Crippen molar-refractivity contribution in [3.8, 4) is 0 Å². The lowest BCUT2D eigenvalue weighted by Gasteiger charge is -2.36. The first-order valence-corrected chi connectivity index (χ1v) is 10.5. The molecule has 152 valence electrons. The van der Waals surface area contributed by atoms with Gasteiger partial charge in [0.2, 0.25) is 0 Å². The summed E-state index contributed by atoms with van der Waals surface area (Å²) in [7, 11) is 0. The third-order valence-electron chi connectivity index (χ3n) is 5.25. The summed E-state index contributed by atoms with van der Waals surface area (Å²) in [6.45, 7) is 3.50. The molecule has 30 heavy (non-hydrogen) atoms. The van der Waals surface area contributed by atoms with Crippen LogP contribution in [0.5, 0.6) is 0 Å². The molecule has 1 aliphatic rings. The summed E-state index contributed by atoms with van der Waals surface area (Å²) in [5.74, 6) is 0. The number of aromatic nitrogens is 2. The maximum atomic E-state index is 6.10. The van der Waals surface area contributed by atoms with Gasteiger partial charge in [-0.25, -0.2) is 10.0 Å². The minimum Gasteiger partial charge on any atom is -0.318 e. The molecule has 6 nitrogen and oxygen atoms in total. The zero-order valence-corrected chi connectivity index (χ0v) is 17.7. The van der Waals surface area contributed by atoms with Crippen LogP contribution in [0.15, 0.2) is 60.9 Å². The molecule has 2 aromatic heterocycles. The molecule has 0 saturated carbocycles. The van der Waals surface area contributed by atoms with E-state index in [2.05, 4.69) is 30.8 Å². The van der Waals surface area contributed by atoms with Crippen molar-refractivity contribution in [1.29, 1.82) is 0 Å². The van der Waals surface area contributed by atoms with Crippen LogP contribution >= 0.6 is 23.2 Å². The molecule has 0 unspecified atom stereocenters. The number of fused-ring (bicyclic) bond motifs is 2. The number of hydrazine groups is 2. The summed E-state index contributed by atoms with van der Waals surface area (Å²) in [4.78, 5) is 8.82. The second kappa shape index (κ2) is 8.24. The van der Waals surface area contributed by atoms with Crippen molar-refractivity contribution >= 4 is 56.4 Å². The summed E-state index contributed by atoms with van der Waals surface area (Å²) in [5.41, 5.74) is 10.9. The lowest BCUT2D eigenvalue weighted by atomic mass is 10.2. The number of halogens is 2. The molecule has 5 rings (SSSR count). The third-order valence-corrected chi connectivity index (χ3v) is 5.72. The predicted octanol–water partition coefficient (Wildman–Crippen LogP) is 5.06. The van der Waals surface area contributed by atoms with Gasteiger partial charge in [-0.05, 0) is 48.5 Å². The highest BCUT2D eigenvalue weighted by atomic mass is 35.5. The van der Waals surface area contributed by atoms with Crippen LogP contribution in [0.2, 0.25) is 10.0 Å². The van der Waals surface area contributed by atoms with Crippen LogP contribution in [0.25, 0.3) is 21.8 Å². The molecule has 0 amide bonds. The van der Waals surface area contributed by atoms with Crippen LogP contribution in [-0.4, -0.2) is 46.2 Å². The van der Waals surface area contributed by atoms with Crippen LogP contribution in [0, 0.1) is 0 Å². The van der Waals surface area contributed by atoms with E-state index in [0.29, 0.717) is 10.0 Å². The van der Waals surface area contributed by atoms with Crippen molar-refractivity contribution in [3.05, 3.63) is 71.0 Å². The Morgan fingerprint density at radius 3 is 1.50 bits per heavy atom. The minimum atomic E-state index is 0.692. The van der Waals surface area contributed by atoms with E-state index in [-0.39, 0.29) is 0 Å². The van der Waals surface area contributed by atoms with Gasteiger partial charge in [0, 0.05) is 59.4 Å². The molecule has 0 spiro atoms. The van der Waals surface area contributed by atoms with Crippen molar-refractivity contribution in [1.82, 2.24) is 20.0 Å². The highest BCUT2D eigenvalue weighted by Gasteiger charge is 2.18. The monoisotopic (exact) mass is 438 g/mol. The first-order chi connectivity index (χ1) is 14.7. The van der Waals surface area contributed by atoms with Crippen LogP contribution < -0.4 is 10.9 Å². The number of hydrogen-bond acceptors (Lipinski definition) is 6. The second-order valence-corrected chi connectivity index (χ2v) is 8.11. The smallest absolute Gasteiger partial charge is 0.0738 e. The number of anilines is 2. The van der Waals surface area contributed by atoms with Crippen LogP contribution in [0.3, 0.4) is 0 Å². The first-order valence-electron chi connectivity index (χ1n) is 9.77. The minimum absolute atomic E-state index is 0.692. The number of hydrogen-bond donors (Lipinski definition) is 2. The average molecular weight is 439 g/mol. The average Bonchev–Trinajstić information content (AvgIpc) is 2.75. The first kappa shape index (κ1) is 19.3. The molecule has 2 aromatic carbocycles. The fourth-order valence-corrected chi connectivity index (χ4v) is 4.04. The molecular formula is C22H20Cl2N6. The Bertz CT molecular complexity index is 1110. The van der Waals surface area contributed by atoms with Crippen molar-refractivity contribution in [3.63, 3.8) is 0 Å². The van der Waals surface area contributed by atoms with Gasteiger partial charge in [-0.15, -0.1) is 0 Å². The van der Waals surface area contributed by atoms with Gasteiger partial charge in [0.05, 0.1) is 22.4 Å². The molecular weight excluding hydrogens is 419 g/mol. The van der Waals surface area contributed by atoms with E-state index in [9.17, 15) is 0 Å². The van der Waals surface area contributed by atoms with Gasteiger partial charge < -0.3 is 10.9 Å². The molecule has 0 atom stereocenters. The molecule has 1 saturated heterocycles. The van der Waals surface area contributed by atoms with Gasteiger partial charge in [0.15, 0.2) is 0 Å². The van der Waals surface area contributed by atoms with E-state index < -0.39 is 0 Å². The highest BCUT2D eigenvalue weighted by molar-refractivity contribution is 6.31. The van der Waals surface area contributed by atoms with Crippen LogP contribution in [0.4, 0.5) is 11.4 Å². The molecule has 0 bridgehead atoms. The summed E-state index contributed by atoms with van der Waals surface area (Å²) < 4.78 is 0. The number of nitrogens with one attached hydrogen (secondary N) is 2. The predicted molar refractivity (Wildman–Crippen MR) is 124 cm³/mol. The van der Waals surface area contributed by atoms with Gasteiger partial charge in [-0.3, -0.25) is 9.97 Å². The number of benzene rings is 2. The van der Waals surface area contributed by atoms with E-state index in [1.165, 1.54) is 0 Å². The van der Waals surface area contributed by atoms with Crippen molar-refractivity contribution < 1.29 is 0 Å². The van der Waals surface area contributed by atoms with Gasteiger partial charge in [0.1, 0.15) is 0 Å². The Balaban J connectivity index is 1.25. The van der Waals surface area contributed by atoms with Crippen LogP contribution in [0.1, 0.15) is 0 Å². The van der Waals surface area contributed by atoms with E-state index in [1.54, 1.807) is 12.4 Å². The number of rotatable bonds is 4. The van der Waals surface area contributed by atoms with Crippen molar-refractivity contribution in [2.24, 2.45) is 0 Å². The summed E-state index contributed by atoms with van der Waals surface area (Å²) in [6, 6.07) is 15.6. The fourth-order valence-electron chi connectivity index (χ4n) is 3.71. The lowest BCUT2D eigenvalue weighted by Crippen LogP contribution is -2.50. The molecule has 4 aromatic rings. The fraction of sp³-hybridized carbons (Fsp3) is 0.182. The molecule has 1 fully saturated rings. The lowest BCUT2D eigenvalue weighted by molar-refractivity contribution is 0.177. The van der Waals surface area contributed by atoms with Crippen molar-refractivity contribution in [2.75, 3.05) is 37.0 Å². The Kier molecular flexibility index (Phi) is 5.31. The van der Waals surface area contributed by atoms with Gasteiger partial charge in [-0.2, -0.15) is 0 Å². The van der Waals surface area contributed by atoms with E-state index in [4.69, 9.17) is 23.2 Å². The Labute approximate surface area is 184 Å². The maximum absolute atomic E-state index is 6.10. The van der Waals surface area contributed by atoms with Gasteiger partial charge in [-0.1, -0.05) is 23.2 Å². The topological polar surface area (TPSA) is 56.3 Å². The number of pyridine rings is 2. The van der Waals surface area contributed by atoms with E-state index in [1.807, 2.05) is 48.5 Å². The number of nitrogens with zero attached hydrogens (tertiary/aromatic N) is 4. The summed E-state index contributed by atoms with van der Waals surface area (Å²) >= 11 is 12.2. The Morgan fingerprint density at radius 1 is 0.633 bits per heavy atom. The molecule has 1 aliphatic heterocycles. The van der Waals surface area contributed by atoms with Gasteiger partial charge >= 0.3 is 0 Å². The SMILES string of the molecule is Clc1ccc2c(NN3CCN(Nc4ccnc5cc(Cl)ccc45)CC3)ccnc2c1. The van der Waals surface area contributed by atoms with E-state index >= 15 is 0 Å². The quantitative estimate of drug-likeness (QED) is 0.464. The Hall–Kier alpha value is -2.64. The summed E-state index contributed by atoms with van der Waals surface area (Å²) in [5, 5.41) is 7.96. The molecule has 3 heterocycles. The largest absolute Gasteiger partial charge is 0.318 e. The summed E-state index contributed by atoms with van der Waals surface area (Å²) in [6.07, 6.45) is 3.61. The van der Waals surface area contributed by atoms with E-state index in [0.717, 1.165) is 59.4 Å². The zero-order chi connectivity index (χ0) is 20.5. The zero-order valence-electron chi connectivity index (χ0n) is 16.1. The maximum Gasteiger partial charge on any atom is 0.0738 e. The third kappa shape index (κ3) is 4.00. The normalized spacial score (nSPS) is 15.5. The highest BCUT2D eigenvalue weighted by Crippen LogP contribution is 2.26. The standard InChI is InChI=1S/C22H20Cl2N6/c23-15-1-3-17-19(5-7-25-21(17)13-15)27-29-9-11-30(12-10-29)28-20-6-8-26-22-14-16(24)2-4-18(20)22/h1-8,13-14H,9-12H2,(H,25,27)(H,26,28). The molecule has 0 radical (unpaired) electrons. The second-order valence-electron chi connectivity index (χ2n) is 7.24. The van der Waals surface area contributed by atoms with Gasteiger partial charge in [0.25, 0.3) is 0 Å². The molecule has 0 aliphatic carbocycles. The molecule has 2 N–H and O–H groups in total. The van der Waals surface area contributed by atoms with Crippen molar-refractivity contribution in [2.45, 2.75) is 0 Å². The number of piperazine rings is 1. The van der Waals surface area contributed by atoms with Crippen LogP contribution in [-0.2, 0) is 0 Å². The molecule has 8 heteroatoms. The Morgan fingerprint density at radius 2 is 1.07 bits per heavy atom.